The van der Waals surface area contributed by atoms with Crippen LogP contribution >= 0.6 is 11.3 Å². The molecule has 3 heterocycles. The lowest BCUT2D eigenvalue weighted by Gasteiger charge is -2.37. The molecule has 2 aromatic rings. The van der Waals surface area contributed by atoms with Gasteiger partial charge in [-0.25, -0.2) is 18.5 Å². The number of urea groups is 1. The number of carbonyl (C=O) groups excluding carboxylic acids is 1. The lowest BCUT2D eigenvalue weighted by molar-refractivity contribution is 0.251. The largest absolute Gasteiger partial charge is 0.334 e. The number of likely N-dealkylation sites (N-methyl/N-ethyl adjacent to an activating group) is 1. The molecular weight excluding hydrogens is 467 g/mol. The number of carbonyl (C=O) groups is 1. The summed E-state index contributed by atoms with van der Waals surface area (Å²) in [6.07, 6.45) is 4.20. The molecule has 0 radical (unpaired) electrons. The Morgan fingerprint density at radius 3 is 2.70 bits per heavy atom. The Labute approximate surface area is 198 Å². The minimum absolute atomic E-state index is 0.0372. The number of nitrogens with zero attached hydrogens (tertiary/aromatic N) is 4. The highest BCUT2D eigenvalue weighted by Crippen LogP contribution is 2.38. The molecule has 2 aromatic heterocycles. The predicted octanol–water partition coefficient (Wildman–Crippen LogP) is 3.82. The van der Waals surface area contributed by atoms with Gasteiger partial charge >= 0.3 is 16.2 Å². The van der Waals surface area contributed by atoms with Crippen molar-refractivity contribution in [3.8, 4) is 0 Å². The zero-order valence-corrected chi connectivity index (χ0v) is 21.0. The molecule has 1 aliphatic carbocycles. The van der Waals surface area contributed by atoms with Crippen molar-refractivity contribution in [3.05, 3.63) is 28.0 Å². The quantitative estimate of drug-likeness (QED) is 0.605. The first-order chi connectivity index (χ1) is 15.6. The third-order valence-electron chi connectivity index (χ3n) is 5.92. The van der Waals surface area contributed by atoms with Gasteiger partial charge in [0.1, 0.15) is 5.69 Å². The number of aromatic nitrogens is 2. The lowest BCUT2D eigenvalue weighted by atomic mass is 10.1. The maximum Gasteiger partial charge on any atom is 0.334 e. The van der Waals surface area contributed by atoms with Crippen LogP contribution in [0.15, 0.2) is 12.3 Å². The first kappa shape index (κ1) is 24.0. The van der Waals surface area contributed by atoms with E-state index in [0.717, 1.165) is 39.9 Å². The van der Waals surface area contributed by atoms with Crippen molar-refractivity contribution in [2.45, 2.75) is 64.5 Å². The first-order valence-corrected chi connectivity index (χ1v) is 13.5. The molecule has 2 N–H and O–H groups in total. The van der Waals surface area contributed by atoms with Crippen LogP contribution in [0.2, 0.25) is 0 Å². The summed E-state index contributed by atoms with van der Waals surface area (Å²) >= 11 is 1.55. The standard InChI is InChI=1S/C21H31FN6O3S2/c1-13(2)19-17(10-14(3)32-19)24-21(29)25-33(30,31)28(16-6-5-9-26(4)12-16)18-11-23-27(20(18)22)15-7-8-15/h10-11,13,15-16H,5-9,12H2,1-4H3,(H2,24,25,29). The topological polar surface area (TPSA) is 99.6 Å². The molecule has 1 aliphatic heterocycles. The zero-order chi connectivity index (χ0) is 23.9. The summed E-state index contributed by atoms with van der Waals surface area (Å²) < 4.78 is 46.5. The minimum Gasteiger partial charge on any atom is -0.306 e. The van der Waals surface area contributed by atoms with E-state index in [-0.39, 0.29) is 17.6 Å². The maximum absolute atomic E-state index is 15.2. The summed E-state index contributed by atoms with van der Waals surface area (Å²) in [4.78, 5) is 16.7. The number of thiophene rings is 1. The van der Waals surface area contributed by atoms with E-state index in [1.54, 1.807) is 11.3 Å². The highest BCUT2D eigenvalue weighted by molar-refractivity contribution is 7.91. The van der Waals surface area contributed by atoms with Crippen molar-refractivity contribution in [1.29, 1.82) is 0 Å². The van der Waals surface area contributed by atoms with Gasteiger partial charge in [-0.05, 0) is 58.2 Å². The van der Waals surface area contributed by atoms with E-state index in [9.17, 15) is 13.2 Å². The molecule has 0 bridgehead atoms. The molecule has 2 fully saturated rings. The number of amides is 2. The molecule has 2 aliphatic rings. The van der Waals surface area contributed by atoms with Crippen LogP contribution in [0.5, 0.6) is 0 Å². The number of anilines is 2. The molecule has 182 valence electrons. The van der Waals surface area contributed by atoms with Crippen molar-refractivity contribution >= 4 is 39.0 Å². The molecule has 9 nitrogen and oxygen atoms in total. The highest BCUT2D eigenvalue weighted by atomic mass is 32.2. The van der Waals surface area contributed by atoms with E-state index in [4.69, 9.17) is 0 Å². The van der Waals surface area contributed by atoms with Crippen molar-refractivity contribution in [2.24, 2.45) is 0 Å². The number of piperidine rings is 1. The second-order valence-electron chi connectivity index (χ2n) is 9.20. The molecule has 4 rings (SSSR count). The van der Waals surface area contributed by atoms with E-state index in [1.807, 2.05) is 38.8 Å². The van der Waals surface area contributed by atoms with Gasteiger partial charge in [0.15, 0.2) is 0 Å². The molecule has 1 unspecified atom stereocenters. The summed E-state index contributed by atoms with van der Waals surface area (Å²) in [5.41, 5.74) is 0.452. The fourth-order valence-corrected chi connectivity index (χ4v) is 6.59. The molecule has 12 heteroatoms. The Balaban J connectivity index is 1.61. The number of hydrogen-bond donors (Lipinski definition) is 2. The number of halogens is 1. The van der Waals surface area contributed by atoms with Gasteiger partial charge < -0.3 is 10.2 Å². The smallest absolute Gasteiger partial charge is 0.306 e. The second kappa shape index (κ2) is 9.22. The Kier molecular flexibility index (Phi) is 6.70. The van der Waals surface area contributed by atoms with Crippen LogP contribution in [0.3, 0.4) is 0 Å². The van der Waals surface area contributed by atoms with Crippen molar-refractivity contribution in [2.75, 3.05) is 29.8 Å². The van der Waals surface area contributed by atoms with E-state index < -0.39 is 28.2 Å². The fourth-order valence-electron chi connectivity index (χ4n) is 4.29. The van der Waals surface area contributed by atoms with Crippen molar-refractivity contribution in [1.82, 2.24) is 19.4 Å². The van der Waals surface area contributed by atoms with Crippen LogP contribution in [-0.4, -0.2) is 55.3 Å². The van der Waals surface area contributed by atoms with Gasteiger partial charge in [0.25, 0.3) is 0 Å². The second-order valence-corrected chi connectivity index (χ2v) is 12.0. The average molecular weight is 499 g/mol. The summed E-state index contributed by atoms with van der Waals surface area (Å²) in [6, 6.07) is 0.387. The van der Waals surface area contributed by atoms with Crippen LogP contribution in [0.4, 0.5) is 20.6 Å². The Bertz CT molecular complexity index is 1130. The molecule has 33 heavy (non-hydrogen) atoms. The fraction of sp³-hybridized carbons (Fsp3) is 0.619. The van der Waals surface area contributed by atoms with Crippen LogP contribution < -0.4 is 14.3 Å². The predicted molar refractivity (Wildman–Crippen MR) is 128 cm³/mol. The van der Waals surface area contributed by atoms with Gasteiger partial charge in [0, 0.05) is 16.3 Å². The van der Waals surface area contributed by atoms with E-state index >= 15 is 4.39 Å². The maximum atomic E-state index is 15.2. The Hall–Kier alpha value is -2.18. The van der Waals surface area contributed by atoms with Gasteiger partial charge in [0.05, 0.1) is 24.0 Å². The van der Waals surface area contributed by atoms with Crippen LogP contribution in [0, 0.1) is 12.9 Å². The minimum atomic E-state index is -4.40. The highest BCUT2D eigenvalue weighted by Gasteiger charge is 2.38. The van der Waals surface area contributed by atoms with Crippen molar-refractivity contribution < 1.29 is 17.6 Å². The number of nitrogens with one attached hydrogen (secondary N) is 2. The SMILES string of the molecule is Cc1cc(NC(=O)NS(=O)(=O)N(c2cnn(C3CC3)c2F)C2CCCN(C)C2)c(C(C)C)s1. The summed E-state index contributed by atoms with van der Waals surface area (Å²) in [6.45, 7) is 7.20. The molecule has 2 amide bonds. The molecule has 0 aromatic carbocycles. The number of likely N-dealkylation sites (tertiary alicyclic amines) is 1. The average Bonchev–Trinajstić information content (AvgIpc) is 3.39. The van der Waals surface area contributed by atoms with Crippen LogP contribution in [-0.2, 0) is 10.2 Å². The summed E-state index contributed by atoms with van der Waals surface area (Å²) in [5.74, 6) is -0.515. The normalized spacial score (nSPS) is 19.6. The van der Waals surface area contributed by atoms with Gasteiger partial charge in [-0.2, -0.15) is 17.9 Å². The van der Waals surface area contributed by atoms with E-state index in [0.29, 0.717) is 18.7 Å². The zero-order valence-electron chi connectivity index (χ0n) is 19.3. The van der Waals surface area contributed by atoms with Crippen LogP contribution in [0.1, 0.15) is 61.2 Å². The number of hydrogen-bond acceptors (Lipinski definition) is 6. The molecule has 1 atom stereocenters. The molecular formula is C21H31FN6O3S2. The monoisotopic (exact) mass is 498 g/mol. The number of aryl methyl sites for hydroxylation is 1. The summed E-state index contributed by atoms with van der Waals surface area (Å²) in [5, 5.41) is 6.77. The van der Waals surface area contributed by atoms with E-state index in [1.165, 1.54) is 10.9 Å². The van der Waals surface area contributed by atoms with Gasteiger partial charge in [-0.1, -0.05) is 13.8 Å². The number of rotatable bonds is 7. The molecule has 1 saturated heterocycles. The third kappa shape index (κ3) is 5.17. The van der Waals surface area contributed by atoms with Gasteiger partial charge in [-0.3, -0.25) is 0 Å². The molecule has 0 spiro atoms. The van der Waals surface area contributed by atoms with Crippen molar-refractivity contribution in [3.63, 3.8) is 0 Å². The van der Waals surface area contributed by atoms with Crippen LogP contribution in [0.25, 0.3) is 0 Å². The van der Waals surface area contributed by atoms with Gasteiger partial charge in [0.2, 0.25) is 5.95 Å². The third-order valence-corrected chi connectivity index (χ3v) is 8.72. The molecule has 1 saturated carbocycles. The summed E-state index contributed by atoms with van der Waals surface area (Å²) in [7, 11) is -2.51. The first-order valence-electron chi connectivity index (χ1n) is 11.2. The lowest BCUT2D eigenvalue weighted by Crippen LogP contribution is -2.54. The van der Waals surface area contributed by atoms with Gasteiger partial charge in [-0.15, -0.1) is 11.3 Å². The van der Waals surface area contributed by atoms with E-state index in [2.05, 4.69) is 15.1 Å². The Morgan fingerprint density at radius 1 is 1.33 bits per heavy atom. The Morgan fingerprint density at radius 2 is 2.06 bits per heavy atom.